The number of non-ortho nitro benzene ring substituents is 3. The van der Waals surface area contributed by atoms with E-state index in [1.54, 1.807) is 102 Å². The van der Waals surface area contributed by atoms with Crippen LogP contribution in [0.2, 0.25) is 0 Å². The van der Waals surface area contributed by atoms with Gasteiger partial charge in [-0.3, -0.25) is 58.7 Å². The molecule has 0 saturated carbocycles. The molecule has 0 spiro atoms. The van der Waals surface area contributed by atoms with Crippen molar-refractivity contribution in [2.45, 2.75) is 110 Å². The number of nitrogens with one attached hydrogen (secondary N) is 3. The Morgan fingerprint density at radius 3 is 1.23 bits per heavy atom. The topological polar surface area (TPSA) is 342 Å². The van der Waals surface area contributed by atoms with Gasteiger partial charge in [-0.25, -0.2) is 32.5 Å². The molecule has 4 heterocycles. The van der Waals surface area contributed by atoms with Gasteiger partial charge in [0, 0.05) is 18.2 Å². The predicted octanol–water partition coefficient (Wildman–Crippen LogP) is 17.4. The molecule has 25 nitrogen and oxygen atoms in total. The van der Waals surface area contributed by atoms with Crippen molar-refractivity contribution in [2.75, 3.05) is 19.8 Å². The van der Waals surface area contributed by atoms with Crippen molar-refractivity contribution in [1.82, 2.24) is 39.0 Å². The lowest BCUT2D eigenvalue weighted by atomic mass is 10.2. The number of benzene rings is 7. The number of alkyl halides is 1. The zero-order valence-corrected chi connectivity index (χ0v) is 61.3. The monoisotopic (exact) mass is 1550 g/mol. The number of nitro groups is 3. The third kappa shape index (κ3) is 21.7. The van der Waals surface area contributed by atoms with Crippen LogP contribution in [0.1, 0.15) is 76.2 Å². The molecule has 0 amide bonds. The molecule has 4 aromatic heterocycles. The Morgan fingerprint density at radius 2 is 0.853 bits per heavy atom. The van der Waals surface area contributed by atoms with Crippen LogP contribution in [0.3, 0.4) is 0 Å². The number of nitro benzene ring substituents is 3. The van der Waals surface area contributed by atoms with Crippen LogP contribution < -0.4 is 0 Å². The van der Waals surface area contributed by atoms with Crippen LogP contribution in [0.15, 0.2) is 167 Å². The largest absolute Gasteiger partial charge is 0.480 e. The summed E-state index contributed by atoms with van der Waals surface area (Å²) in [5.41, 5.74) is 5.39. The SMILES string of the molecule is CC(C)(Sc1nc2ccccc2n1-c1ccc([N+](=O)[O-])cc1F)C(=O)O.CCOC(=O)C(C)(C)Br.CCOC(=O)C(C)(C)Sc1nc2ccccc2[nH]1.CCOC(=O)C(C)(C)Sc1nc2ccccc2n1-c1ccc([N+](=O)[O-])cc1F.O=[N+]([O-])c1ccc(F)c(F)c1.S=c1[nH]c2ccccc2[nH]1. The van der Waals surface area contributed by atoms with E-state index in [9.17, 15) is 72.2 Å². The van der Waals surface area contributed by atoms with Gasteiger partial charge in [0.05, 0.1) is 108 Å². The molecule has 11 aromatic rings. The molecule has 7 aromatic carbocycles. The van der Waals surface area contributed by atoms with Crippen LogP contribution in [-0.4, -0.2) is 121 Å². The van der Waals surface area contributed by atoms with Crippen LogP contribution in [0.4, 0.5) is 34.6 Å². The number of imidazole rings is 4. The van der Waals surface area contributed by atoms with Crippen LogP contribution >= 0.6 is 63.4 Å². The number of hydrogen-bond donors (Lipinski definition) is 4. The third-order valence-corrected chi connectivity index (χ3v) is 17.5. The highest BCUT2D eigenvalue weighted by atomic mass is 79.9. The van der Waals surface area contributed by atoms with Crippen molar-refractivity contribution in [1.29, 1.82) is 0 Å². The van der Waals surface area contributed by atoms with Gasteiger partial charge in [0.1, 0.15) is 18.6 Å². The molecule has 4 N–H and O–H groups in total. The van der Waals surface area contributed by atoms with Gasteiger partial charge in [-0.1, -0.05) is 99.7 Å². The lowest BCUT2D eigenvalue weighted by Gasteiger charge is -2.21. The molecule has 0 bridgehead atoms. The Kier molecular flexibility index (Phi) is 28.2. The summed E-state index contributed by atoms with van der Waals surface area (Å²) in [6.07, 6.45) is 0. The minimum atomic E-state index is -1.21. The second-order valence-electron chi connectivity index (χ2n) is 23.0. The standard InChI is InChI=1S/C19H18FN3O4S.C17H14FN3O4S.C13H16N2O2S.C7H6N2S.C6H11BrO2.C6H3F2NO2/c1-4-27-17(24)19(2,3)28-18-21-14-7-5-6-8-16(14)22(18)15-10-9-12(23(25)26)11-13(15)20;1-17(2,15(22)23)26-16-19-12-5-3-4-6-14(12)20(16)13-8-7-10(21(24)25)9-11(13)18;1-4-17-11(16)13(2,3)18-12-14-9-7-5-6-8-10(9)15-12;10-7-8-5-3-1-2-4-6(5)9-7;1-4-9-5(8)6(2,3)7;7-5-2-1-4(9(10)11)3-6(5)8/h5-11H,4H2,1-3H3;3-9H,1-2H3,(H,22,23);5-8H,4H2,1-3H3,(H,14,15);1-4H,(H2,8,9,10);4H2,1-3H3;1-3H. The molecular formula is C68H68BrF4N11O14S4. The number of rotatable bonds is 18. The molecule has 0 aliphatic carbocycles. The molecule has 0 fully saturated rings. The summed E-state index contributed by atoms with van der Waals surface area (Å²) in [6, 6.07) is 38.7. The first-order chi connectivity index (χ1) is 47.9. The Labute approximate surface area is 606 Å². The van der Waals surface area contributed by atoms with Crippen molar-refractivity contribution >= 4 is 149 Å². The number of aliphatic carboxylic acids is 1. The number of halogens is 5. The number of carboxylic acids is 1. The minimum absolute atomic E-state index is 0.0630. The number of H-pyrrole nitrogens is 3. The molecule has 0 radical (unpaired) electrons. The zero-order chi connectivity index (χ0) is 75.6. The van der Waals surface area contributed by atoms with Gasteiger partial charge < -0.3 is 34.3 Å². The number of carbonyl (C=O) groups is 4. The molecule has 0 aliphatic rings. The first-order valence-electron chi connectivity index (χ1n) is 30.5. The summed E-state index contributed by atoms with van der Waals surface area (Å²) in [4.78, 5) is 98.6. The van der Waals surface area contributed by atoms with Gasteiger partial charge in [-0.2, -0.15) is 0 Å². The van der Waals surface area contributed by atoms with Crippen molar-refractivity contribution < 1.29 is 70.8 Å². The zero-order valence-electron chi connectivity index (χ0n) is 56.4. The van der Waals surface area contributed by atoms with E-state index in [0.29, 0.717) is 57.3 Å². The highest BCUT2D eigenvalue weighted by Crippen LogP contribution is 2.40. The fraction of sp³-hybridized carbons (Fsp3) is 0.265. The maximum atomic E-state index is 14.7. The number of thioether (sulfide) groups is 3. The number of para-hydroxylation sites is 8. The highest BCUT2D eigenvalue weighted by molar-refractivity contribution is 9.10. The molecule has 102 heavy (non-hydrogen) atoms. The smallest absolute Gasteiger partial charge is 0.322 e. The normalized spacial score (nSPS) is 11.3. The lowest BCUT2D eigenvalue weighted by Crippen LogP contribution is -2.30. The summed E-state index contributed by atoms with van der Waals surface area (Å²) in [5, 5.41) is 42.5. The Hall–Kier alpha value is -10.0. The number of carboxylic acid groups (broad SMARTS) is 1. The van der Waals surface area contributed by atoms with Gasteiger partial charge in [0.2, 0.25) is 0 Å². The lowest BCUT2D eigenvalue weighted by molar-refractivity contribution is -0.385. The average molecular weight is 1550 g/mol. The first kappa shape index (κ1) is 80.9. The molecule has 34 heteroatoms. The molecule has 538 valence electrons. The second kappa shape index (κ2) is 35.5. The van der Waals surface area contributed by atoms with Crippen LogP contribution in [0, 0.1) is 58.4 Å². The fourth-order valence-electron chi connectivity index (χ4n) is 8.48. The third-order valence-electron chi connectivity index (χ3n) is 13.6. The van der Waals surface area contributed by atoms with Crippen molar-refractivity contribution in [3.05, 3.63) is 210 Å². The number of aromatic nitrogens is 8. The number of fused-ring (bicyclic) bond motifs is 4. The summed E-state index contributed by atoms with van der Waals surface area (Å²) < 4.78 is 69.0. The second-order valence-corrected chi connectivity index (χ2v) is 30.2. The predicted molar refractivity (Wildman–Crippen MR) is 388 cm³/mol. The van der Waals surface area contributed by atoms with Crippen LogP contribution in [-0.2, 0) is 33.4 Å². The van der Waals surface area contributed by atoms with E-state index in [1.807, 2.05) is 62.4 Å². The Bertz CT molecular complexity index is 4850. The van der Waals surface area contributed by atoms with E-state index in [0.717, 1.165) is 68.9 Å². The summed E-state index contributed by atoms with van der Waals surface area (Å²) in [6.45, 7) is 20.0. The Morgan fingerprint density at radius 1 is 0.490 bits per heavy atom. The summed E-state index contributed by atoms with van der Waals surface area (Å²) >= 11 is 11.6. The van der Waals surface area contributed by atoms with Gasteiger partial charge in [0.25, 0.3) is 17.1 Å². The number of hydrogen-bond acceptors (Lipinski definition) is 20. The summed E-state index contributed by atoms with van der Waals surface area (Å²) in [5.74, 6) is -5.74. The van der Waals surface area contributed by atoms with E-state index in [-0.39, 0.29) is 46.5 Å². The van der Waals surface area contributed by atoms with Gasteiger partial charge in [-0.05, 0) is 155 Å². The minimum Gasteiger partial charge on any atom is -0.480 e. The van der Waals surface area contributed by atoms with Gasteiger partial charge in [0.15, 0.2) is 43.5 Å². The molecular weight excluding hydrogens is 1480 g/mol. The molecule has 0 unspecified atom stereocenters. The Balaban J connectivity index is 0.000000203. The van der Waals surface area contributed by atoms with E-state index in [2.05, 4.69) is 45.8 Å². The average Bonchev–Trinajstić information content (AvgIpc) is 1.61. The molecule has 0 aliphatic heterocycles. The number of esters is 3. The summed E-state index contributed by atoms with van der Waals surface area (Å²) in [7, 11) is 0. The van der Waals surface area contributed by atoms with Gasteiger partial charge in [-0.15, -0.1) is 0 Å². The van der Waals surface area contributed by atoms with Crippen molar-refractivity contribution in [3.63, 3.8) is 0 Å². The molecule has 11 rings (SSSR count). The van der Waals surface area contributed by atoms with Crippen molar-refractivity contribution in [3.8, 4) is 11.4 Å². The van der Waals surface area contributed by atoms with Crippen molar-refractivity contribution in [2.24, 2.45) is 0 Å². The van der Waals surface area contributed by atoms with E-state index < -0.39 is 74.2 Å². The number of ether oxygens (including phenoxy) is 3. The highest BCUT2D eigenvalue weighted by Gasteiger charge is 2.36. The van der Waals surface area contributed by atoms with Crippen LogP contribution in [0.25, 0.3) is 55.5 Å². The van der Waals surface area contributed by atoms with Gasteiger partial charge >= 0.3 is 23.9 Å². The maximum absolute atomic E-state index is 14.7. The van der Waals surface area contributed by atoms with E-state index in [1.165, 1.54) is 54.4 Å². The van der Waals surface area contributed by atoms with E-state index >= 15 is 0 Å². The number of aromatic amines is 3. The quantitative estimate of drug-likeness (QED) is 0.00906. The van der Waals surface area contributed by atoms with E-state index in [4.69, 9.17) is 26.4 Å². The fourth-order valence-corrected chi connectivity index (χ4v) is 11.8. The maximum Gasteiger partial charge on any atom is 0.322 e. The first-order valence-corrected chi connectivity index (χ1v) is 34.1. The number of nitrogens with zero attached hydrogens (tertiary/aromatic N) is 8. The molecule has 0 saturated heterocycles. The van der Waals surface area contributed by atoms with Crippen LogP contribution in [0.5, 0.6) is 0 Å². The number of carbonyl (C=O) groups excluding carboxylic acids is 3. The molecule has 0 atom stereocenters.